The van der Waals surface area contributed by atoms with Gasteiger partial charge in [-0.2, -0.15) is 0 Å². The lowest BCUT2D eigenvalue weighted by Crippen LogP contribution is -2.40. The molecule has 1 aromatic rings. The molecule has 0 aromatic heterocycles. The van der Waals surface area contributed by atoms with Crippen molar-refractivity contribution in [1.82, 2.24) is 0 Å². The average Bonchev–Trinajstić information content (AvgIpc) is 2.74. The van der Waals surface area contributed by atoms with Crippen molar-refractivity contribution in [1.29, 1.82) is 0 Å². The molecule has 29 heavy (non-hydrogen) atoms. The Balaban J connectivity index is 1.38. The first-order valence-electron chi connectivity index (χ1n) is 11.6. The van der Waals surface area contributed by atoms with Crippen LogP contribution in [0.4, 0.5) is 4.39 Å². The molecule has 4 heteroatoms. The summed E-state index contributed by atoms with van der Waals surface area (Å²) in [7, 11) is 1.49. The molecule has 3 aliphatic rings. The quantitative estimate of drug-likeness (QED) is 0.432. The molecule has 0 aliphatic heterocycles. The summed E-state index contributed by atoms with van der Waals surface area (Å²) in [6.07, 6.45) is 12.4. The van der Waals surface area contributed by atoms with Gasteiger partial charge in [-0.3, -0.25) is 4.79 Å². The normalized spacial score (nSPS) is 34.9. The summed E-state index contributed by atoms with van der Waals surface area (Å²) in [4.78, 5) is 12.9. The molecule has 0 spiro atoms. The van der Waals surface area contributed by atoms with Gasteiger partial charge in [0.25, 0.3) is 0 Å². The van der Waals surface area contributed by atoms with Crippen LogP contribution in [0.2, 0.25) is 0 Å². The number of hydrogen-bond acceptors (Lipinski definition) is 3. The molecular weight excluding hydrogens is 367 g/mol. The molecule has 4 rings (SSSR count). The van der Waals surface area contributed by atoms with Crippen LogP contribution in [-0.4, -0.2) is 13.1 Å². The van der Waals surface area contributed by atoms with Crippen LogP contribution < -0.4 is 9.47 Å². The number of halogens is 1. The van der Waals surface area contributed by atoms with Gasteiger partial charge in [0.05, 0.1) is 13.0 Å². The van der Waals surface area contributed by atoms with Crippen molar-refractivity contribution >= 4 is 5.97 Å². The van der Waals surface area contributed by atoms with E-state index >= 15 is 0 Å². The van der Waals surface area contributed by atoms with Crippen molar-refractivity contribution in [3.63, 3.8) is 0 Å². The second kappa shape index (κ2) is 9.06. The number of methoxy groups -OCH3 is 1. The van der Waals surface area contributed by atoms with Crippen molar-refractivity contribution < 1.29 is 18.7 Å². The Kier molecular flexibility index (Phi) is 6.46. The van der Waals surface area contributed by atoms with Crippen LogP contribution in [-0.2, 0) is 4.79 Å². The largest absolute Gasteiger partial charge is 0.497 e. The highest BCUT2D eigenvalue weighted by Gasteiger charge is 2.43. The zero-order valence-corrected chi connectivity index (χ0v) is 17.9. The Morgan fingerprint density at radius 3 is 2.45 bits per heavy atom. The zero-order valence-electron chi connectivity index (χ0n) is 17.9. The van der Waals surface area contributed by atoms with E-state index in [2.05, 4.69) is 6.92 Å². The maximum atomic E-state index is 14.2. The third-order valence-electron chi connectivity index (χ3n) is 8.07. The zero-order chi connectivity index (χ0) is 20.4. The SMILES string of the molecule is COc1ccc(OC(=O)C2CCCC3CC(C4CCC(C)CC4)CCC32)c(F)c1. The first kappa shape index (κ1) is 20.7. The van der Waals surface area contributed by atoms with E-state index in [1.807, 2.05) is 0 Å². The van der Waals surface area contributed by atoms with Crippen molar-refractivity contribution in [3.8, 4) is 11.5 Å². The van der Waals surface area contributed by atoms with Gasteiger partial charge in [0.1, 0.15) is 5.75 Å². The van der Waals surface area contributed by atoms with Crippen LogP contribution in [0.15, 0.2) is 18.2 Å². The molecule has 3 nitrogen and oxygen atoms in total. The van der Waals surface area contributed by atoms with Crippen molar-refractivity contribution in [2.45, 2.75) is 71.1 Å². The highest BCUT2D eigenvalue weighted by atomic mass is 19.1. The minimum absolute atomic E-state index is 0.0166. The van der Waals surface area contributed by atoms with Gasteiger partial charge >= 0.3 is 5.97 Å². The van der Waals surface area contributed by atoms with Gasteiger partial charge in [-0.1, -0.05) is 32.6 Å². The Bertz CT molecular complexity index is 710. The molecule has 3 fully saturated rings. The third kappa shape index (κ3) is 4.62. The Labute approximate surface area is 174 Å². The van der Waals surface area contributed by atoms with Gasteiger partial charge in [0, 0.05) is 6.07 Å². The molecule has 4 atom stereocenters. The lowest BCUT2D eigenvalue weighted by Gasteiger charge is -2.45. The van der Waals surface area contributed by atoms with E-state index in [9.17, 15) is 9.18 Å². The molecule has 160 valence electrons. The van der Waals surface area contributed by atoms with Gasteiger partial charge in [0.15, 0.2) is 11.6 Å². The third-order valence-corrected chi connectivity index (χ3v) is 8.07. The smallest absolute Gasteiger partial charge is 0.314 e. The summed E-state index contributed by atoms with van der Waals surface area (Å²) < 4.78 is 24.8. The van der Waals surface area contributed by atoms with E-state index in [0.717, 1.165) is 37.0 Å². The summed E-state index contributed by atoms with van der Waals surface area (Å²) in [6.45, 7) is 2.39. The number of fused-ring (bicyclic) bond motifs is 1. The van der Waals surface area contributed by atoms with E-state index in [0.29, 0.717) is 17.6 Å². The molecule has 0 amide bonds. The molecule has 0 bridgehead atoms. The number of benzene rings is 1. The Morgan fingerprint density at radius 1 is 0.966 bits per heavy atom. The molecule has 0 heterocycles. The lowest BCUT2D eigenvalue weighted by atomic mass is 9.59. The average molecular weight is 403 g/mol. The molecular formula is C25H35FO3. The second-order valence-corrected chi connectivity index (χ2v) is 9.77. The molecule has 4 unspecified atom stereocenters. The van der Waals surface area contributed by atoms with Gasteiger partial charge in [0.2, 0.25) is 0 Å². The summed E-state index contributed by atoms with van der Waals surface area (Å²) in [5.74, 6) is 3.27. The molecule has 3 saturated carbocycles. The van der Waals surface area contributed by atoms with Gasteiger partial charge in [-0.25, -0.2) is 4.39 Å². The minimum atomic E-state index is -0.541. The molecule has 0 saturated heterocycles. The molecule has 1 aromatic carbocycles. The minimum Gasteiger partial charge on any atom is -0.497 e. The summed E-state index contributed by atoms with van der Waals surface area (Å²) >= 11 is 0. The monoisotopic (exact) mass is 402 g/mol. The van der Waals surface area contributed by atoms with E-state index in [-0.39, 0.29) is 17.6 Å². The summed E-state index contributed by atoms with van der Waals surface area (Å²) in [5.41, 5.74) is 0. The first-order chi connectivity index (χ1) is 14.0. The molecule has 0 radical (unpaired) electrons. The van der Waals surface area contributed by atoms with Crippen LogP contribution in [0.1, 0.15) is 71.1 Å². The number of ether oxygens (including phenoxy) is 2. The maximum Gasteiger partial charge on any atom is 0.314 e. The van der Waals surface area contributed by atoms with E-state index in [4.69, 9.17) is 9.47 Å². The van der Waals surface area contributed by atoms with Crippen LogP contribution in [0.5, 0.6) is 11.5 Å². The highest BCUT2D eigenvalue weighted by Crippen LogP contribution is 2.50. The number of rotatable bonds is 4. The lowest BCUT2D eigenvalue weighted by molar-refractivity contribution is -0.144. The highest BCUT2D eigenvalue weighted by molar-refractivity contribution is 5.75. The summed E-state index contributed by atoms with van der Waals surface area (Å²) in [6, 6.07) is 4.39. The van der Waals surface area contributed by atoms with Crippen LogP contribution >= 0.6 is 0 Å². The van der Waals surface area contributed by atoms with Crippen LogP contribution in [0.25, 0.3) is 0 Å². The van der Waals surface area contributed by atoms with E-state index < -0.39 is 5.82 Å². The number of carbonyl (C=O) groups is 1. The fraction of sp³-hybridized carbons (Fsp3) is 0.720. The molecule has 0 N–H and O–H groups in total. The topological polar surface area (TPSA) is 35.5 Å². The van der Waals surface area contributed by atoms with Gasteiger partial charge in [-0.15, -0.1) is 0 Å². The fourth-order valence-electron chi connectivity index (χ4n) is 6.35. The predicted molar refractivity (Wildman–Crippen MR) is 111 cm³/mol. The predicted octanol–water partition coefficient (Wildman–Crippen LogP) is 6.40. The Morgan fingerprint density at radius 2 is 1.72 bits per heavy atom. The standard InChI is InChI=1S/C25H35FO3/c1-16-6-8-17(9-7-16)18-10-12-21-19(14-18)4-3-5-22(21)25(27)29-24-13-11-20(28-2)15-23(24)26/h11,13,15-19,21-22H,3-10,12,14H2,1-2H3. The first-order valence-corrected chi connectivity index (χ1v) is 11.6. The van der Waals surface area contributed by atoms with Crippen molar-refractivity contribution in [3.05, 3.63) is 24.0 Å². The number of hydrogen-bond donors (Lipinski definition) is 0. The second-order valence-electron chi connectivity index (χ2n) is 9.77. The number of esters is 1. The Hall–Kier alpha value is -1.58. The van der Waals surface area contributed by atoms with Crippen LogP contribution in [0, 0.1) is 41.3 Å². The molecule has 3 aliphatic carbocycles. The van der Waals surface area contributed by atoms with Gasteiger partial charge in [-0.05, 0) is 80.2 Å². The summed E-state index contributed by atoms with van der Waals surface area (Å²) in [5, 5.41) is 0. The van der Waals surface area contributed by atoms with Gasteiger partial charge < -0.3 is 9.47 Å². The van der Waals surface area contributed by atoms with E-state index in [1.165, 1.54) is 64.2 Å². The van der Waals surface area contributed by atoms with Crippen LogP contribution in [0.3, 0.4) is 0 Å². The van der Waals surface area contributed by atoms with Crippen molar-refractivity contribution in [2.24, 2.45) is 35.5 Å². The van der Waals surface area contributed by atoms with E-state index in [1.54, 1.807) is 6.07 Å². The van der Waals surface area contributed by atoms with Crippen molar-refractivity contribution in [2.75, 3.05) is 7.11 Å². The fourth-order valence-corrected chi connectivity index (χ4v) is 6.35. The maximum absolute atomic E-state index is 14.2. The number of carbonyl (C=O) groups excluding carboxylic acids is 1.